The van der Waals surface area contributed by atoms with Crippen LogP contribution in [0.1, 0.15) is 23.6 Å². The monoisotopic (exact) mass is 590 g/mol. The van der Waals surface area contributed by atoms with E-state index in [0.29, 0.717) is 17.7 Å². The number of alkyl halides is 3. The number of anilines is 2. The number of hydrazone groups is 1. The minimum absolute atomic E-state index is 0.225. The van der Waals surface area contributed by atoms with Gasteiger partial charge in [-0.05, 0) is 66.1 Å². The summed E-state index contributed by atoms with van der Waals surface area (Å²) in [5, 5.41) is 8.48. The van der Waals surface area contributed by atoms with Crippen molar-refractivity contribution in [1.29, 1.82) is 0 Å². The molecule has 3 aromatic carbocycles. The van der Waals surface area contributed by atoms with Crippen molar-refractivity contribution in [2.45, 2.75) is 19.5 Å². The van der Waals surface area contributed by atoms with Gasteiger partial charge in [0.15, 0.2) is 6.61 Å². The molecule has 198 valence electrons. The van der Waals surface area contributed by atoms with Crippen molar-refractivity contribution in [2.24, 2.45) is 5.10 Å². The third-order valence-corrected chi connectivity index (χ3v) is 5.54. The van der Waals surface area contributed by atoms with E-state index in [9.17, 15) is 27.6 Å². The molecule has 0 heterocycles. The predicted octanol–water partition coefficient (Wildman–Crippen LogP) is 5.14. The number of ether oxygens (including phenoxy) is 1. The molecule has 0 aliphatic heterocycles. The molecule has 0 bridgehead atoms. The van der Waals surface area contributed by atoms with Crippen LogP contribution in [0, 0.1) is 0 Å². The Morgan fingerprint density at radius 1 is 0.947 bits per heavy atom. The molecule has 0 fully saturated rings. The highest BCUT2D eigenvalue weighted by atomic mass is 79.9. The molecule has 0 aliphatic carbocycles. The zero-order valence-corrected chi connectivity index (χ0v) is 21.5. The number of hydrogen-bond donors (Lipinski definition) is 3. The third kappa shape index (κ3) is 8.17. The maximum atomic E-state index is 13.2. The Morgan fingerprint density at radius 2 is 1.66 bits per heavy atom. The summed E-state index contributed by atoms with van der Waals surface area (Å²) in [5.74, 6) is -2.30. The van der Waals surface area contributed by atoms with Crippen molar-refractivity contribution in [3.63, 3.8) is 0 Å². The Hall–Kier alpha value is -4.19. The molecular formula is C26H22BrF3N4O4. The largest absolute Gasteiger partial charge is 0.484 e. The fraction of sp³-hybridized carbons (Fsp3) is 0.154. The maximum Gasteiger partial charge on any atom is 0.418 e. The molecule has 8 nitrogen and oxygen atoms in total. The first kappa shape index (κ1) is 28.4. The molecule has 0 radical (unpaired) electrons. The molecule has 3 rings (SSSR count). The molecule has 0 aromatic heterocycles. The van der Waals surface area contributed by atoms with E-state index in [0.717, 1.165) is 17.7 Å². The van der Waals surface area contributed by atoms with Crippen molar-refractivity contribution in [1.82, 2.24) is 5.43 Å². The SMILES string of the molecule is CCc1ccccc1NC(=O)C(=O)N/N=C\c1ccc(OCC(=O)Nc2ccc(Br)cc2C(F)(F)F)cc1. The summed E-state index contributed by atoms with van der Waals surface area (Å²) >= 11 is 2.98. The highest BCUT2D eigenvalue weighted by molar-refractivity contribution is 9.10. The molecule has 0 saturated carbocycles. The van der Waals surface area contributed by atoms with Crippen LogP contribution in [-0.4, -0.2) is 30.5 Å². The molecule has 3 aromatic rings. The lowest BCUT2D eigenvalue weighted by Crippen LogP contribution is -2.32. The van der Waals surface area contributed by atoms with E-state index in [1.807, 2.05) is 19.1 Å². The number of nitrogens with one attached hydrogen (secondary N) is 3. The van der Waals surface area contributed by atoms with Gasteiger partial charge in [-0.2, -0.15) is 18.3 Å². The van der Waals surface area contributed by atoms with Crippen LogP contribution >= 0.6 is 15.9 Å². The first-order chi connectivity index (χ1) is 18.1. The minimum Gasteiger partial charge on any atom is -0.484 e. The van der Waals surface area contributed by atoms with Gasteiger partial charge >= 0.3 is 18.0 Å². The van der Waals surface area contributed by atoms with Gasteiger partial charge in [0, 0.05) is 10.2 Å². The molecule has 3 amide bonds. The molecule has 0 atom stereocenters. The number of carbonyl (C=O) groups is 3. The summed E-state index contributed by atoms with van der Waals surface area (Å²) in [7, 11) is 0. The van der Waals surface area contributed by atoms with E-state index in [1.165, 1.54) is 24.4 Å². The van der Waals surface area contributed by atoms with Crippen molar-refractivity contribution in [3.05, 3.63) is 87.9 Å². The summed E-state index contributed by atoms with van der Waals surface area (Å²) in [4.78, 5) is 36.2. The first-order valence-corrected chi connectivity index (χ1v) is 12.0. The molecular weight excluding hydrogens is 569 g/mol. The zero-order valence-electron chi connectivity index (χ0n) is 19.9. The Bertz CT molecular complexity index is 1350. The first-order valence-electron chi connectivity index (χ1n) is 11.2. The second-order valence-corrected chi connectivity index (χ2v) is 8.67. The van der Waals surface area contributed by atoms with Crippen LogP contribution in [0.25, 0.3) is 0 Å². The number of para-hydroxylation sites is 1. The Labute approximate surface area is 224 Å². The van der Waals surface area contributed by atoms with Crippen LogP contribution in [0.5, 0.6) is 5.75 Å². The summed E-state index contributed by atoms with van der Waals surface area (Å²) in [6.07, 6.45) is -2.66. The Balaban J connectivity index is 1.48. The van der Waals surface area contributed by atoms with Crippen LogP contribution in [0.3, 0.4) is 0 Å². The number of nitrogens with zero attached hydrogens (tertiary/aromatic N) is 1. The van der Waals surface area contributed by atoms with Crippen LogP contribution in [-0.2, 0) is 27.0 Å². The standard InChI is InChI=1S/C26H22BrF3N4O4/c1-2-17-5-3-4-6-21(17)33-24(36)25(37)34-31-14-16-7-10-19(11-8-16)38-15-23(35)32-22-12-9-18(27)13-20(22)26(28,29)30/h3-14H,2,15H2,1H3,(H,32,35)(H,33,36)(H,34,37)/b31-14-. The lowest BCUT2D eigenvalue weighted by molar-refractivity contribution is -0.137. The summed E-state index contributed by atoms with van der Waals surface area (Å²) in [6.45, 7) is 1.41. The second kappa shape index (κ2) is 12.9. The third-order valence-electron chi connectivity index (χ3n) is 5.04. The van der Waals surface area contributed by atoms with Crippen LogP contribution in [0.2, 0.25) is 0 Å². The van der Waals surface area contributed by atoms with E-state index in [1.54, 1.807) is 24.3 Å². The normalized spacial score (nSPS) is 11.2. The number of aryl methyl sites for hydroxylation is 1. The van der Waals surface area contributed by atoms with Gasteiger partial charge in [0.25, 0.3) is 5.91 Å². The van der Waals surface area contributed by atoms with Crippen LogP contribution in [0.4, 0.5) is 24.5 Å². The summed E-state index contributed by atoms with van der Waals surface area (Å²) in [5.41, 5.74) is 2.74. The number of amides is 3. The average molecular weight is 591 g/mol. The smallest absolute Gasteiger partial charge is 0.418 e. The van der Waals surface area contributed by atoms with Crippen LogP contribution < -0.4 is 20.8 Å². The predicted molar refractivity (Wildman–Crippen MR) is 140 cm³/mol. The molecule has 0 saturated heterocycles. The number of hydrogen-bond acceptors (Lipinski definition) is 5. The summed E-state index contributed by atoms with van der Waals surface area (Å²) in [6, 6.07) is 16.7. The van der Waals surface area contributed by atoms with Gasteiger partial charge in [-0.1, -0.05) is 41.1 Å². The molecule has 12 heteroatoms. The van der Waals surface area contributed by atoms with Crippen molar-refractivity contribution in [3.8, 4) is 5.75 Å². The van der Waals surface area contributed by atoms with Gasteiger partial charge in [0.2, 0.25) is 0 Å². The van der Waals surface area contributed by atoms with E-state index in [2.05, 4.69) is 37.1 Å². The molecule has 0 spiro atoms. The number of halogens is 4. The molecule has 3 N–H and O–H groups in total. The van der Waals surface area contributed by atoms with E-state index >= 15 is 0 Å². The van der Waals surface area contributed by atoms with Crippen LogP contribution in [0.15, 0.2) is 76.3 Å². The van der Waals surface area contributed by atoms with Gasteiger partial charge in [-0.3, -0.25) is 14.4 Å². The van der Waals surface area contributed by atoms with Gasteiger partial charge in [0.05, 0.1) is 17.5 Å². The van der Waals surface area contributed by atoms with Crippen molar-refractivity contribution >= 4 is 51.2 Å². The zero-order chi connectivity index (χ0) is 27.7. The lowest BCUT2D eigenvalue weighted by Gasteiger charge is -2.14. The van der Waals surface area contributed by atoms with Crippen molar-refractivity contribution in [2.75, 3.05) is 17.2 Å². The summed E-state index contributed by atoms with van der Waals surface area (Å²) < 4.78 is 45.1. The molecule has 38 heavy (non-hydrogen) atoms. The number of carbonyl (C=O) groups excluding carboxylic acids is 3. The average Bonchev–Trinajstić information content (AvgIpc) is 2.89. The molecule has 0 unspecified atom stereocenters. The number of benzene rings is 3. The topological polar surface area (TPSA) is 109 Å². The highest BCUT2D eigenvalue weighted by Gasteiger charge is 2.34. The fourth-order valence-electron chi connectivity index (χ4n) is 3.19. The minimum atomic E-state index is -4.64. The van der Waals surface area contributed by atoms with E-state index in [-0.39, 0.29) is 15.9 Å². The van der Waals surface area contributed by atoms with E-state index in [4.69, 9.17) is 4.74 Å². The van der Waals surface area contributed by atoms with Gasteiger partial charge < -0.3 is 15.4 Å². The lowest BCUT2D eigenvalue weighted by atomic mass is 10.1. The van der Waals surface area contributed by atoms with Gasteiger partial charge in [0.1, 0.15) is 5.75 Å². The van der Waals surface area contributed by atoms with Gasteiger partial charge in [-0.25, -0.2) is 5.43 Å². The van der Waals surface area contributed by atoms with Crippen molar-refractivity contribution < 1.29 is 32.3 Å². The maximum absolute atomic E-state index is 13.2. The highest BCUT2D eigenvalue weighted by Crippen LogP contribution is 2.36. The van der Waals surface area contributed by atoms with Gasteiger partial charge in [-0.15, -0.1) is 0 Å². The fourth-order valence-corrected chi connectivity index (χ4v) is 3.55. The Kier molecular flexibility index (Phi) is 9.61. The Morgan fingerprint density at radius 3 is 2.34 bits per heavy atom. The number of rotatable bonds is 8. The molecule has 0 aliphatic rings. The van der Waals surface area contributed by atoms with E-state index < -0.39 is 36.1 Å². The second-order valence-electron chi connectivity index (χ2n) is 7.76. The quantitative estimate of drug-likeness (QED) is 0.192.